The summed E-state index contributed by atoms with van der Waals surface area (Å²) in [7, 11) is -3.80. The van der Waals surface area contributed by atoms with Crippen molar-refractivity contribution in [2.75, 3.05) is 26.0 Å². The van der Waals surface area contributed by atoms with E-state index in [2.05, 4.69) is 18.7 Å². The number of carbonyl (C=O) groups excluding carboxylic acids is 1. The molecule has 0 aromatic heterocycles. The molecule has 0 bridgehead atoms. The van der Waals surface area contributed by atoms with Crippen LogP contribution >= 0.6 is 0 Å². The van der Waals surface area contributed by atoms with Crippen LogP contribution in [0.5, 0.6) is 5.75 Å². The summed E-state index contributed by atoms with van der Waals surface area (Å²) in [5.41, 5.74) is 1.29. The molecule has 2 fully saturated rings. The standard InChI is InChI=1S/C26H32F2N2O4S/c1-17(19-5-4-6-20(27)13-19)30-11-9-26(2,10-12-30)16-34-24-15-23(28)22(14-21(24)18-7-8-18)25(31)29-35(3,32)33/h4-6,13-15,17-18H,7-12,16H2,1-3H3,(H,29,31)/t17-/m0/s1. The normalized spacial score (nSPS) is 19.2. The number of amides is 1. The number of rotatable bonds is 8. The minimum absolute atomic E-state index is 0.109. The van der Waals surface area contributed by atoms with Gasteiger partial charge in [-0.3, -0.25) is 9.69 Å². The topological polar surface area (TPSA) is 75.7 Å². The van der Waals surface area contributed by atoms with E-state index in [0.29, 0.717) is 12.4 Å². The molecule has 6 nitrogen and oxygen atoms in total. The molecule has 1 heterocycles. The summed E-state index contributed by atoms with van der Waals surface area (Å²) in [5, 5.41) is 0. The lowest BCUT2D eigenvalue weighted by atomic mass is 9.80. The van der Waals surface area contributed by atoms with Crippen molar-refractivity contribution in [3.05, 3.63) is 64.7 Å². The lowest BCUT2D eigenvalue weighted by Crippen LogP contribution is -2.42. The monoisotopic (exact) mass is 506 g/mol. The van der Waals surface area contributed by atoms with Gasteiger partial charge in [0.25, 0.3) is 5.91 Å². The van der Waals surface area contributed by atoms with E-state index in [4.69, 9.17) is 4.74 Å². The van der Waals surface area contributed by atoms with Crippen molar-refractivity contribution in [1.29, 1.82) is 0 Å². The van der Waals surface area contributed by atoms with Gasteiger partial charge in [-0.2, -0.15) is 0 Å². The molecule has 1 saturated carbocycles. The molecule has 1 aliphatic heterocycles. The van der Waals surface area contributed by atoms with E-state index >= 15 is 0 Å². The van der Waals surface area contributed by atoms with E-state index in [1.54, 1.807) is 12.1 Å². The van der Waals surface area contributed by atoms with E-state index in [0.717, 1.165) is 56.2 Å². The highest BCUT2D eigenvalue weighted by Crippen LogP contribution is 2.46. The summed E-state index contributed by atoms with van der Waals surface area (Å²) in [5.74, 6) is -1.43. The Bertz CT molecular complexity index is 1210. The Labute approximate surface area is 205 Å². The third-order valence-electron chi connectivity index (χ3n) is 7.10. The first kappa shape index (κ1) is 25.6. The van der Waals surface area contributed by atoms with Gasteiger partial charge in [0.05, 0.1) is 18.4 Å². The van der Waals surface area contributed by atoms with E-state index in [1.807, 2.05) is 10.8 Å². The van der Waals surface area contributed by atoms with E-state index in [1.165, 1.54) is 18.2 Å². The Hall–Kier alpha value is -2.52. The van der Waals surface area contributed by atoms with Crippen LogP contribution in [0.4, 0.5) is 8.78 Å². The fourth-order valence-electron chi connectivity index (χ4n) is 4.63. The highest BCUT2D eigenvalue weighted by Gasteiger charge is 2.35. The molecule has 190 valence electrons. The van der Waals surface area contributed by atoms with Gasteiger partial charge in [0.15, 0.2) is 0 Å². The minimum Gasteiger partial charge on any atom is -0.493 e. The smallest absolute Gasteiger partial charge is 0.267 e. The van der Waals surface area contributed by atoms with Crippen molar-refractivity contribution >= 4 is 15.9 Å². The fraction of sp³-hybridized carbons (Fsp3) is 0.500. The minimum atomic E-state index is -3.80. The largest absolute Gasteiger partial charge is 0.493 e. The summed E-state index contributed by atoms with van der Waals surface area (Å²) in [4.78, 5) is 14.6. The van der Waals surface area contributed by atoms with Crippen molar-refractivity contribution in [1.82, 2.24) is 9.62 Å². The number of hydrogen-bond donors (Lipinski definition) is 1. The maximum atomic E-state index is 14.8. The van der Waals surface area contributed by atoms with Gasteiger partial charge in [-0.05, 0) is 80.9 Å². The second-order valence-corrected chi connectivity index (χ2v) is 12.0. The number of benzene rings is 2. The van der Waals surface area contributed by atoms with Gasteiger partial charge in [-0.15, -0.1) is 0 Å². The fourth-order valence-corrected chi connectivity index (χ4v) is 5.08. The van der Waals surface area contributed by atoms with E-state index in [-0.39, 0.29) is 28.8 Å². The highest BCUT2D eigenvalue weighted by atomic mass is 32.2. The van der Waals surface area contributed by atoms with Gasteiger partial charge in [0.1, 0.15) is 17.4 Å². The van der Waals surface area contributed by atoms with Gasteiger partial charge in [-0.1, -0.05) is 19.1 Å². The summed E-state index contributed by atoms with van der Waals surface area (Å²) in [6, 6.07) is 9.44. The van der Waals surface area contributed by atoms with Crippen molar-refractivity contribution in [2.45, 2.75) is 51.5 Å². The maximum Gasteiger partial charge on any atom is 0.267 e. The lowest BCUT2D eigenvalue weighted by molar-refractivity contribution is 0.0509. The summed E-state index contributed by atoms with van der Waals surface area (Å²) in [6.07, 6.45) is 4.44. The Kier molecular flexibility index (Phi) is 7.20. The van der Waals surface area contributed by atoms with Crippen LogP contribution in [-0.2, 0) is 10.0 Å². The van der Waals surface area contributed by atoms with Crippen LogP contribution in [0.15, 0.2) is 36.4 Å². The van der Waals surface area contributed by atoms with Crippen molar-refractivity contribution < 1.29 is 26.7 Å². The molecule has 2 aromatic carbocycles. The Morgan fingerprint density at radius 3 is 2.49 bits per heavy atom. The average molecular weight is 507 g/mol. The van der Waals surface area contributed by atoms with Crippen LogP contribution in [0, 0.1) is 17.0 Å². The Balaban J connectivity index is 1.42. The van der Waals surface area contributed by atoms with Gasteiger partial charge in [-0.25, -0.2) is 21.9 Å². The van der Waals surface area contributed by atoms with Crippen LogP contribution in [-0.4, -0.2) is 45.2 Å². The van der Waals surface area contributed by atoms with Gasteiger partial charge < -0.3 is 4.74 Å². The Morgan fingerprint density at radius 1 is 1.20 bits per heavy atom. The molecule has 9 heteroatoms. The zero-order chi connectivity index (χ0) is 25.4. The number of nitrogens with one attached hydrogen (secondary N) is 1. The quantitative estimate of drug-likeness (QED) is 0.558. The number of likely N-dealkylation sites (tertiary alicyclic amines) is 1. The highest BCUT2D eigenvalue weighted by molar-refractivity contribution is 7.89. The molecular weight excluding hydrogens is 474 g/mol. The van der Waals surface area contributed by atoms with Crippen LogP contribution in [0.25, 0.3) is 0 Å². The van der Waals surface area contributed by atoms with Crippen LogP contribution < -0.4 is 9.46 Å². The van der Waals surface area contributed by atoms with Gasteiger partial charge >= 0.3 is 0 Å². The first-order valence-corrected chi connectivity index (χ1v) is 13.8. The molecule has 2 aromatic rings. The van der Waals surface area contributed by atoms with Crippen LogP contribution in [0.3, 0.4) is 0 Å². The van der Waals surface area contributed by atoms with Crippen molar-refractivity contribution in [3.8, 4) is 5.75 Å². The molecule has 2 aliphatic rings. The SMILES string of the molecule is C[C@@H](c1cccc(F)c1)N1CCC(C)(COc2cc(F)c(C(=O)NS(C)(=O)=O)cc2C2CC2)CC1. The molecule has 1 aliphatic carbocycles. The molecule has 35 heavy (non-hydrogen) atoms. The summed E-state index contributed by atoms with van der Waals surface area (Å²) >= 11 is 0. The number of sulfonamides is 1. The maximum absolute atomic E-state index is 14.8. The third kappa shape index (κ3) is 6.38. The third-order valence-corrected chi connectivity index (χ3v) is 7.66. The molecule has 1 amide bonds. The van der Waals surface area contributed by atoms with E-state index in [9.17, 15) is 22.0 Å². The van der Waals surface area contributed by atoms with E-state index < -0.39 is 21.7 Å². The molecule has 1 atom stereocenters. The van der Waals surface area contributed by atoms with Crippen LogP contribution in [0.1, 0.15) is 73.0 Å². The number of nitrogens with zero attached hydrogens (tertiary/aromatic N) is 1. The van der Waals surface area contributed by atoms with Gasteiger partial charge in [0.2, 0.25) is 10.0 Å². The van der Waals surface area contributed by atoms with Crippen molar-refractivity contribution in [2.24, 2.45) is 5.41 Å². The molecule has 4 rings (SSSR count). The first-order chi connectivity index (χ1) is 16.4. The number of halogens is 2. The molecule has 0 unspecified atom stereocenters. The number of piperidine rings is 1. The lowest BCUT2D eigenvalue weighted by Gasteiger charge is -2.41. The molecule has 1 saturated heterocycles. The summed E-state index contributed by atoms with van der Waals surface area (Å²) < 4.78 is 59.2. The zero-order valence-corrected chi connectivity index (χ0v) is 21.1. The first-order valence-electron chi connectivity index (χ1n) is 11.9. The molecular formula is C26H32F2N2O4S. The Morgan fingerprint density at radius 2 is 1.89 bits per heavy atom. The predicted molar refractivity (Wildman–Crippen MR) is 130 cm³/mol. The molecule has 1 N–H and O–H groups in total. The average Bonchev–Trinajstić information content (AvgIpc) is 3.62. The second kappa shape index (κ2) is 9.85. The number of hydrogen-bond acceptors (Lipinski definition) is 5. The zero-order valence-electron chi connectivity index (χ0n) is 20.3. The van der Waals surface area contributed by atoms with Crippen molar-refractivity contribution in [3.63, 3.8) is 0 Å². The number of carbonyl (C=O) groups is 1. The second-order valence-electron chi connectivity index (χ2n) is 10.2. The predicted octanol–water partition coefficient (Wildman–Crippen LogP) is 4.77. The number of ether oxygens (including phenoxy) is 1. The molecule has 0 radical (unpaired) electrons. The molecule has 0 spiro atoms. The van der Waals surface area contributed by atoms with Crippen LogP contribution in [0.2, 0.25) is 0 Å². The van der Waals surface area contributed by atoms with Gasteiger partial charge in [0, 0.05) is 17.5 Å². The summed E-state index contributed by atoms with van der Waals surface area (Å²) in [6.45, 7) is 6.32.